The second kappa shape index (κ2) is 5.44. The molecule has 4 rings (SSSR count). The van der Waals surface area contributed by atoms with Gasteiger partial charge in [-0.25, -0.2) is 0 Å². The third-order valence-electron chi connectivity index (χ3n) is 5.34. The molecule has 3 aliphatic heterocycles. The Morgan fingerprint density at radius 2 is 1.70 bits per heavy atom. The molecule has 3 amide bonds. The van der Waals surface area contributed by atoms with E-state index in [2.05, 4.69) is 0 Å². The lowest BCUT2D eigenvalue weighted by Crippen LogP contribution is -2.53. The quantitative estimate of drug-likeness (QED) is 0.781. The molecule has 3 fully saturated rings. The predicted octanol–water partition coefficient (Wildman–Crippen LogP) is 2.34. The zero-order chi connectivity index (χ0) is 16.1. The van der Waals surface area contributed by atoms with E-state index in [1.807, 2.05) is 23.3 Å². The van der Waals surface area contributed by atoms with Crippen LogP contribution < -0.4 is 0 Å². The first-order chi connectivity index (χ1) is 11.0. The maximum absolute atomic E-state index is 12.8. The number of fused-ring (bicyclic) bond motifs is 2. The minimum absolute atomic E-state index is 0.0101. The van der Waals surface area contributed by atoms with Gasteiger partial charge in [0, 0.05) is 31.0 Å². The molecule has 0 aliphatic carbocycles. The van der Waals surface area contributed by atoms with Crippen molar-refractivity contribution in [2.45, 2.75) is 63.6 Å². The first-order valence-electron chi connectivity index (χ1n) is 8.27. The smallest absolute Gasteiger partial charge is 0.264 e. The topological polar surface area (TPSA) is 57.7 Å². The van der Waals surface area contributed by atoms with Crippen molar-refractivity contribution in [3.63, 3.8) is 0 Å². The van der Waals surface area contributed by atoms with Crippen molar-refractivity contribution in [1.82, 2.24) is 9.80 Å². The lowest BCUT2D eigenvalue weighted by molar-refractivity contribution is -0.142. The van der Waals surface area contributed by atoms with Crippen LogP contribution in [0.2, 0.25) is 0 Å². The Balaban J connectivity index is 1.53. The van der Waals surface area contributed by atoms with E-state index >= 15 is 0 Å². The molecular weight excluding hydrogens is 312 g/mol. The average molecular weight is 332 g/mol. The Hall–Kier alpha value is -1.69. The number of rotatable bonds is 2. The molecule has 0 spiro atoms. The van der Waals surface area contributed by atoms with E-state index in [9.17, 15) is 14.4 Å². The molecule has 0 radical (unpaired) electrons. The normalized spacial score (nSPS) is 30.4. The molecule has 0 N–H and O–H groups in total. The third-order valence-corrected chi connectivity index (χ3v) is 6.38. The molecule has 0 aromatic carbocycles. The number of hydrogen-bond donors (Lipinski definition) is 0. The highest BCUT2D eigenvalue weighted by Gasteiger charge is 2.48. The number of amides is 3. The Labute approximate surface area is 139 Å². The number of imide groups is 1. The lowest BCUT2D eigenvalue weighted by Gasteiger charge is -2.41. The summed E-state index contributed by atoms with van der Waals surface area (Å²) in [5.74, 6) is 0.0502. The molecule has 1 aromatic heterocycles. The van der Waals surface area contributed by atoms with Crippen molar-refractivity contribution in [2.75, 3.05) is 0 Å². The van der Waals surface area contributed by atoms with Gasteiger partial charge in [-0.3, -0.25) is 19.3 Å². The predicted molar refractivity (Wildman–Crippen MR) is 86.1 cm³/mol. The Bertz CT molecular complexity index is 653. The fourth-order valence-electron chi connectivity index (χ4n) is 4.36. The zero-order valence-corrected chi connectivity index (χ0v) is 14.0. The summed E-state index contributed by atoms with van der Waals surface area (Å²) in [6, 6.07) is 2.26. The van der Waals surface area contributed by atoms with Gasteiger partial charge in [0.25, 0.3) is 5.91 Å². The highest BCUT2D eigenvalue weighted by Crippen LogP contribution is 2.40. The summed E-state index contributed by atoms with van der Waals surface area (Å²) in [6.45, 7) is 2.00. The minimum Gasteiger partial charge on any atom is -0.332 e. The van der Waals surface area contributed by atoms with Gasteiger partial charge in [-0.05, 0) is 49.6 Å². The van der Waals surface area contributed by atoms with Crippen LogP contribution >= 0.6 is 11.3 Å². The largest absolute Gasteiger partial charge is 0.332 e. The van der Waals surface area contributed by atoms with E-state index < -0.39 is 0 Å². The first kappa shape index (κ1) is 14.9. The van der Waals surface area contributed by atoms with Crippen molar-refractivity contribution in [3.05, 3.63) is 21.9 Å². The summed E-state index contributed by atoms with van der Waals surface area (Å²) in [5, 5.41) is 2.00. The number of likely N-dealkylation sites (tertiary alicyclic amines) is 1. The number of piperidine rings is 1. The molecule has 2 atom stereocenters. The van der Waals surface area contributed by atoms with Crippen molar-refractivity contribution in [2.24, 2.45) is 0 Å². The molecule has 4 heterocycles. The van der Waals surface area contributed by atoms with Crippen LogP contribution in [0.5, 0.6) is 0 Å². The molecule has 0 saturated carbocycles. The molecule has 5 nitrogen and oxygen atoms in total. The minimum atomic E-state index is -0.0342. The average Bonchev–Trinajstić information content (AvgIpc) is 3.16. The zero-order valence-electron chi connectivity index (χ0n) is 13.2. The standard InChI is InChI=1S/C17H20N2O3S/c1-10-6-14(23-9-10)17(22)18-11-2-3-12(18)8-13(7-11)19-15(20)4-5-16(19)21/h6,9,11-13H,2-5,7-8H2,1H3. The number of aryl methyl sites for hydroxylation is 1. The van der Waals surface area contributed by atoms with Crippen molar-refractivity contribution < 1.29 is 14.4 Å². The number of thiophene rings is 1. The molecule has 23 heavy (non-hydrogen) atoms. The van der Waals surface area contributed by atoms with E-state index in [-0.39, 0.29) is 35.8 Å². The number of nitrogens with zero attached hydrogens (tertiary/aromatic N) is 2. The van der Waals surface area contributed by atoms with Gasteiger partial charge in [0.15, 0.2) is 0 Å². The summed E-state index contributed by atoms with van der Waals surface area (Å²) in [5.41, 5.74) is 1.12. The fraction of sp³-hybridized carbons (Fsp3) is 0.588. The number of carbonyl (C=O) groups excluding carboxylic acids is 3. The maximum atomic E-state index is 12.8. The molecule has 3 saturated heterocycles. The summed E-state index contributed by atoms with van der Waals surface area (Å²) in [4.78, 5) is 41.1. The maximum Gasteiger partial charge on any atom is 0.264 e. The molecule has 6 heteroatoms. The molecule has 2 unspecified atom stereocenters. The SMILES string of the molecule is Cc1csc(C(=O)N2C3CCC2CC(N2C(=O)CCC2=O)C3)c1. The Morgan fingerprint density at radius 1 is 1.09 bits per heavy atom. The van der Waals surface area contributed by atoms with Gasteiger partial charge in [0.2, 0.25) is 11.8 Å². The van der Waals surface area contributed by atoms with Crippen molar-refractivity contribution >= 4 is 29.1 Å². The van der Waals surface area contributed by atoms with Gasteiger partial charge < -0.3 is 4.90 Å². The summed E-state index contributed by atoms with van der Waals surface area (Å²) in [6.07, 6.45) is 4.14. The van der Waals surface area contributed by atoms with Gasteiger partial charge >= 0.3 is 0 Å². The first-order valence-corrected chi connectivity index (χ1v) is 9.15. The van der Waals surface area contributed by atoms with Crippen LogP contribution in [0, 0.1) is 6.92 Å². The van der Waals surface area contributed by atoms with Gasteiger partial charge in [-0.15, -0.1) is 11.3 Å². The van der Waals surface area contributed by atoms with Crippen LogP contribution in [-0.4, -0.2) is 45.6 Å². The van der Waals surface area contributed by atoms with E-state index in [0.717, 1.165) is 36.1 Å². The highest BCUT2D eigenvalue weighted by atomic mass is 32.1. The molecule has 1 aromatic rings. The van der Waals surface area contributed by atoms with E-state index in [0.29, 0.717) is 12.8 Å². The van der Waals surface area contributed by atoms with Crippen molar-refractivity contribution in [1.29, 1.82) is 0 Å². The molecule has 122 valence electrons. The van der Waals surface area contributed by atoms with Crippen LogP contribution in [0.25, 0.3) is 0 Å². The van der Waals surface area contributed by atoms with E-state index in [1.54, 1.807) is 0 Å². The molecule has 2 bridgehead atoms. The van der Waals surface area contributed by atoms with Crippen LogP contribution in [0.3, 0.4) is 0 Å². The second-order valence-electron chi connectivity index (χ2n) is 6.87. The lowest BCUT2D eigenvalue weighted by atomic mass is 9.95. The third kappa shape index (κ3) is 2.40. The highest BCUT2D eigenvalue weighted by molar-refractivity contribution is 7.12. The van der Waals surface area contributed by atoms with Gasteiger partial charge in [0.1, 0.15) is 0 Å². The number of hydrogen-bond acceptors (Lipinski definition) is 4. The molecule has 3 aliphatic rings. The van der Waals surface area contributed by atoms with Crippen LogP contribution in [0.1, 0.15) is 53.8 Å². The van der Waals surface area contributed by atoms with E-state index in [4.69, 9.17) is 0 Å². The van der Waals surface area contributed by atoms with Gasteiger partial charge in [0.05, 0.1) is 4.88 Å². The van der Waals surface area contributed by atoms with Crippen LogP contribution in [0.15, 0.2) is 11.4 Å². The summed E-state index contributed by atoms with van der Waals surface area (Å²) >= 11 is 1.50. The van der Waals surface area contributed by atoms with Crippen molar-refractivity contribution in [3.8, 4) is 0 Å². The second-order valence-corrected chi connectivity index (χ2v) is 7.78. The fourth-order valence-corrected chi connectivity index (χ4v) is 5.20. The van der Waals surface area contributed by atoms with E-state index in [1.165, 1.54) is 16.2 Å². The van der Waals surface area contributed by atoms with Crippen LogP contribution in [-0.2, 0) is 9.59 Å². The van der Waals surface area contributed by atoms with Gasteiger partial charge in [-0.1, -0.05) is 0 Å². The summed E-state index contributed by atoms with van der Waals surface area (Å²) < 4.78 is 0. The Morgan fingerprint density at radius 3 is 2.22 bits per heavy atom. The Kier molecular flexibility index (Phi) is 3.52. The van der Waals surface area contributed by atoms with Gasteiger partial charge in [-0.2, -0.15) is 0 Å². The summed E-state index contributed by atoms with van der Waals surface area (Å²) in [7, 11) is 0. The monoisotopic (exact) mass is 332 g/mol. The number of carbonyl (C=O) groups is 3. The molecular formula is C17H20N2O3S. The van der Waals surface area contributed by atoms with Crippen LogP contribution in [0.4, 0.5) is 0 Å².